The van der Waals surface area contributed by atoms with Crippen LogP contribution in [0.25, 0.3) is 0 Å². The van der Waals surface area contributed by atoms with Gasteiger partial charge in [0.05, 0.1) is 0 Å². The summed E-state index contributed by atoms with van der Waals surface area (Å²) in [5.74, 6) is 0.342. The number of amides is 1. The summed E-state index contributed by atoms with van der Waals surface area (Å²) in [6.45, 7) is 1.30. The number of H-pyrrole nitrogens is 1. The number of nitrogen functional groups attached to an aromatic ring is 1. The molecule has 2 heterocycles. The van der Waals surface area contributed by atoms with Gasteiger partial charge in [-0.3, -0.25) is 9.89 Å². The van der Waals surface area contributed by atoms with Crippen molar-refractivity contribution in [1.82, 2.24) is 20.1 Å². The smallest absolute Gasteiger partial charge is 0.291 e. The average Bonchev–Trinajstić information content (AvgIpc) is 3.07. The number of aromatic amines is 1. The molecule has 3 N–H and O–H groups in total. The summed E-state index contributed by atoms with van der Waals surface area (Å²) in [5, 5.41) is 6.96. The second-order valence-corrected chi connectivity index (χ2v) is 5.21. The molecule has 1 aliphatic rings. The van der Waals surface area contributed by atoms with Gasteiger partial charge in [0, 0.05) is 24.0 Å². The van der Waals surface area contributed by atoms with Crippen LogP contribution in [0.5, 0.6) is 0 Å². The number of hydrogen-bond acceptors (Lipinski definition) is 4. The van der Waals surface area contributed by atoms with E-state index in [2.05, 4.69) is 15.2 Å². The molecule has 0 unspecified atom stereocenters. The molecule has 6 nitrogen and oxygen atoms in total. The SMILES string of the molecule is Nc1n[nH]c(C(=O)N2CC[C@@H](c3ccccc3Cl)C2)n1. The van der Waals surface area contributed by atoms with E-state index in [1.165, 1.54) is 0 Å². The summed E-state index contributed by atoms with van der Waals surface area (Å²) >= 11 is 6.20. The molecule has 20 heavy (non-hydrogen) atoms. The Morgan fingerprint density at radius 3 is 2.95 bits per heavy atom. The van der Waals surface area contributed by atoms with Crippen LogP contribution in [0.15, 0.2) is 24.3 Å². The zero-order valence-electron chi connectivity index (χ0n) is 10.7. The van der Waals surface area contributed by atoms with Crippen molar-refractivity contribution in [3.63, 3.8) is 0 Å². The van der Waals surface area contributed by atoms with Gasteiger partial charge in [-0.05, 0) is 18.1 Å². The van der Waals surface area contributed by atoms with Crippen molar-refractivity contribution in [2.45, 2.75) is 12.3 Å². The quantitative estimate of drug-likeness (QED) is 0.881. The molecule has 0 saturated carbocycles. The van der Waals surface area contributed by atoms with Crippen molar-refractivity contribution < 1.29 is 4.79 Å². The standard InChI is InChI=1S/C13H14ClN5O/c14-10-4-2-1-3-9(10)8-5-6-19(7-8)12(20)11-16-13(15)18-17-11/h1-4,8H,5-7H2,(H3,15,16,17,18)/t8-/m1/s1. The van der Waals surface area contributed by atoms with Crippen LogP contribution in [0.3, 0.4) is 0 Å². The minimum Gasteiger partial charge on any atom is -0.366 e. The van der Waals surface area contributed by atoms with Crippen molar-refractivity contribution in [2.75, 3.05) is 18.8 Å². The van der Waals surface area contributed by atoms with Crippen LogP contribution in [0.1, 0.15) is 28.5 Å². The molecular weight excluding hydrogens is 278 g/mol. The Kier molecular flexibility index (Phi) is 3.31. The van der Waals surface area contributed by atoms with Gasteiger partial charge in [0.25, 0.3) is 5.91 Å². The number of rotatable bonds is 2. The minimum absolute atomic E-state index is 0.0789. The summed E-state index contributed by atoms with van der Waals surface area (Å²) in [5.41, 5.74) is 6.50. The molecule has 1 saturated heterocycles. The number of likely N-dealkylation sites (tertiary alicyclic amines) is 1. The van der Waals surface area contributed by atoms with Gasteiger partial charge in [0.15, 0.2) is 0 Å². The Bertz CT molecular complexity index is 641. The van der Waals surface area contributed by atoms with Crippen LogP contribution in [-0.4, -0.2) is 39.1 Å². The Morgan fingerprint density at radius 2 is 2.25 bits per heavy atom. The number of nitrogens with two attached hydrogens (primary N) is 1. The number of nitrogens with one attached hydrogen (secondary N) is 1. The highest BCUT2D eigenvalue weighted by molar-refractivity contribution is 6.31. The number of carbonyl (C=O) groups excluding carboxylic acids is 1. The lowest BCUT2D eigenvalue weighted by molar-refractivity contribution is 0.0779. The first-order chi connectivity index (χ1) is 9.65. The maximum absolute atomic E-state index is 12.2. The average molecular weight is 292 g/mol. The van der Waals surface area contributed by atoms with Gasteiger partial charge >= 0.3 is 0 Å². The molecule has 1 fully saturated rings. The van der Waals surface area contributed by atoms with Crippen molar-refractivity contribution in [2.24, 2.45) is 0 Å². The summed E-state index contributed by atoms with van der Waals surface area (Å²) < 4.78 is 0. The largest absolute Gasteiger partial charge is 0.366 e. The van der Waals surface area contributed by atoms with Crippen LogP contribution >= 0.6 is 11.6 Å². The van der Waals surface area contributed by atoms with Gasteiger partial charge in [-0.1, -0.05) is 29.8 Å². The van der Waals surface area contributed by atoms with Gasteiger partial charge in [0.2, 0.25) is 11.8 Å². The topological polar surface area (TPSA) is 87.9 Å². The molecule has 0 radical (unpaired) electrons. The molecule has 1 amide bonds. The molecule has 1 atom stereocenters. The lowest BCUT2D eigenvalue weighted by atomic mass is 9.98. The molecule has 1 aromatic carbocycles. The third kappa shape index (κ3) is 2.34. The monoisotopic (exact) mass is 291 g/mol. The van der Waals surface area contributed by atoms with E-state index in [4.69, 9.17) is 17.3 Å². The van der Waals surface area contributed by atoms with Gasteiger partial charge in [0.1, 0.15) is 0 Å². The highest BCUT2D eigenvalue weighted by atomic mass is 35.5. The molecular formula is C13H14ClN5O. The summed E-state index contributed by atoms with van der Waals surface area (Å²) in [7, 11) is 0. The van der Waals surface area contributed by atoms with E-state index < -0.39 is 0 Å². The first-order valence-electron chi connectivity index (χ1n) is 6.36. The Morgan fingerprint density at radius 1 is 1.45 bits per heavy atom. The third-order valence-corrected chi connectivity index (χ3v) is 3.87. The predicted octanol–water partition coefficient (Wildman–Crippen LogP) is 1.67. The Labute approximate surface area is 120 Å². The lowest BCUT2D eigenvalue weighted by Crippen LogP contribution is -2.29. The molecule has 3 rings (SSSR count). The van der Waals surface area contributed by atoms with Crippen LogP contribution in [-0.2, 0) is 0 Å². The zero-order valence-corrected chi connectivity index (χ0v) is 11.5. The molecule has 104 valence electrons. The maximum Gasteiger partial charge on any atom is 0.291 e. The third-order valence-electron chi connectivity index (χ3n) is 3.53. The van der Waals surface area contributed by atoms with E-state index >= 15 is 0 Å². The van der Waals surface area contributed by atoms with E-state index in [0.29, 0.717) is 13.1 Å². The van der Waals surface area contributed by atoms with Crippen LogP contribution in [0, 0.1) is 0 Å². The first-order valence-corrected chi connectivity index (χ1v) is 6.74. The van der Waals surface area contributed by atoms with Crippen molar-refractivity contribution in [3.8, 4) is 0 Å². The van der Waals surface area contributed by atoms with Crippen LogP contribution in [0.2, 0.25) is 5.02 Å². The normalized spacial score (nSPS) is 18.4. The number of benzene rings is 1. The second kappa shape index (κ2) is 5.13. The highest BCUT2D eigenvalue weighted by Gasteiger charge is 2.30. The fraction of sp³-hybridized carbons (Fsp3) is 0.308. The predicted molar refractivity (Wildman–Crippen MR) is 75.5 cm³/mol. The van der Waals surface area contributed by atoms with Crippen molar-refractivity contribution in [1.29, 1.82) is 0 Å². The maximum atomic E-state index is 12.2. The van der Waals surface area contributed by atoms with E-state index in [0.717, 1.165) is 17.0 Å². The molecule has 0 bridgehead atoms. The number of halogens is 1. The van der Waals surface area contributed by atoms with E-state index in [9.17, 15) is 4.79 Å². The Hall–Kier alpha value is -2.08. The number of aromatic nitrogens is 3. The highest BCUT2D eigenvalue weighted by Crippen LogP contribution is 2.32. The van der Waals surface area contributed by atoms with Crippen molar-refractivity contribution >= 4 is 23.5 Å². The van der Waals surface area contributed by atoms with E-state index in [1.54, 1.807) is 4.90 Å². The molecule has 2 aromatic rings. The number of nitrogens with zero attached hydrogens (tertiary/aromatic N) is 3. The lowest BCUT2D eigenvalue weighted by Gasteiger charge is -2.15. The van der Waals surface area contributed by atoms with Gasteiger partial charge in [-0.25, -0.2) is 0 Å². The van der Waals surface area contributed by atoms with E-state index in [-0.39, 0.29) is 23.6 Å². The summed E-state index contributed by atoms with van der Waals surface area (Å²) in [6.07, 6.45) is 0.888. The van der Waals surface area contributed by atoms with Crippen molar-refractivity contribution in [3.05, 3.63) is 40.7 Å². The van der Waals surface area contributed by atoms with Gasteiger partial charge in [-0.15, -0.1) is 5.10 Å². The molecule has 0 spiro atoms. The Balaban J connectivity index is 1.74. The summed E-state index contributed by atoms with van der Waals surface area (Å²) in [4.78, 5) is 17.8. The van der Waals surface area contributed by atoms with Gasteiger partial charge in [-0.2, -0.15) is 4.98 Å². The first kappa shape index (κ1) is 12.9. The van der Waals surface area contributed by atoms with Crippen LogP contribution in [0.4, 0.5) is 5.95 Å². The fourth-order valence-electron chi connectivity index (χ4n) is 2.52. The fourth-order valence-corrected chi connectivity index (χ4v) is 2.81. The van der Waals surface area contributed by atoms with Gasteiger partial charge < -0.3 is 10.6 Å². The second-order valence-electron chi connectivity index (χ2n) is 4.80. The molecule has 7 heteroatoms. The molecule has 1 aromatic heterocycles. The van der Waals surface area contributed by atoms with E-state index in [1.807, 2.05) is 24.3 Å². The number of anilines is 1. The summed E-state index contributed by atoms with van der Waals surface area (Å²) in [6, 6.07) is 7.75. The molecule has 0 aliphatic carbocycles. The number of hydrogen-bond donors (Lipinski definition) is 2. The number of carbonyl (C=O) groups is 1. The molecule has 1 aliphatic heterocycles. The minimum atomic E-state index is -0.177. The van der Waals surface area contributed by atoms with Crippen LogP contribution < -0.4 is 5.73 Å². The zero-order chi connectivity index (χ0) is 14.1.